The molecule has 0 spiro atoms. The van der Waals surface area contributed by atoms with Crippen molar-refractivity contribution in [2.45, 2.75) is 5.75 Å². The highest BCUT2D eigenvalue weighted by molar-refractivity contribution is 7.93. The fourth-order valence-corrected chi connectivity index (χ4v) is 2.90. The third kappa shape index (κ3) is 4.65. The highest BCUT2D eigenvalue weighted by Crippen LogP contribution is 2.15. The first kappa shape index (κ1) is 15.7. The molecule has 0 aliphatic heterocycles. The maximum absolute atomic E-state index is 13.0. The Balaban J connectivity index is 2.14. The molecule has 0 bridgehead atoms. The van der Waals surface area contributed by atoms with Gasteiger partial charge in [0, 0.05) is 10.4 Å². The lowest BCUT2D eigenvalue weighted by Crippen LogP contribution is -1.99. The van der Waals surface area contributed by atoms with Gasteiger partial charge < -0.3 is 0 Å². The monoisotopic (exact) mass is 328 g/mol. The van der Waals surface area contributed by atoms with Crippen LogP contribution in [0.1, 0.15) is 11.1 Å². The molecule has 0 aromatic heterocycles. The van der Waals surface area contributed by atoms with Gasteiger partial charge in [-0.1, -0.05) is 29.8 Å². The molecule has 21 heavy (non-hydrogen) atoms. The molecule has 0 atom stereocenters. The van der Waals surface area contributed by atoms with E-state index in [0.717, 1.165) is 17.5 Å². The van der Waals surface area contributed by atoms with Crippen molar-refractivity contribution >= 4 is 27.5 Å². The normalized spacial score (nSPS) is 12.0. The summed E-state index contributed by atoms with van der Waals surface area (Å²) >= 11 is 5.72. The van der Waals surface area contributed by atoms with Crippen LogP contribution in [0.25, 0.3) is 6.08 Å². The van der Waals surface area contributed by atoms with E-state index >= 15 is 0 Å². The summed E-state index contributed by atoms with van der Waals surface area (Å²) in [5.41, 5.74) is 0.864. The van der Waals surface area contributed by atoms with Crippen LogP contribution in [0.3, 0.4) is 0 Å². The first-order chi connectivity index (χ1) is 9.85. The molecule has 0 saturated carbocycles. The molecular weight excluding hydrogens is 318 g/mol. The summed E-state index contributed by atoms with van der Waals surface area (Å²) in [7, 11) is -3.51. The van der Waals surface area contributed by atoms with Crippen molar-refractivity contribution in [1.82, 2.24) is 0 Å². The van der Waals surface area contributed by atoms with Crippen LogP contribution in [0.15, 0.2) is 47.9 Å². The van der Waals surface area contributed by atoms with E-state index in [4.69, 9.17) is 11.6 Å². The molecule has 2 aromatic rings. The van der Waals surface area contributed by atoms with Crippen molar-refractivity contribution in [1.29, 1.82) is 0 Å². The van der Waals surface area contributed by atoms with E-state index in [2.05, 4.69) is 0 Å². The molecule has 0 amide bonds. The predicted octanol–water partition coefficient (Wildman–Crippen LogP) is 4.20. The molecule has 2 nitrogen and oxygen atoms in total. The minimum absolute atomic E-state index is 0.190. The topological polar surface area (TPSA) is 34.1 Å². The van der Waals surface area contributed by atoms with Gasteiger partial charge in [0.2, 0.25) is 0 Å². The zero-order valence-electron chi connectivity index (χ0n) is 10.8. The lowest BCUT2D eigenvalue weighted by molar-refractivity contribution is 0.508. The molecule has 0 aliphatic carbocycles. The molecule has 6 heteroatoms. The van der Waals surface area contributed by atoms with Crippen molar-refractivity contribution in [2.24, 2.45) is 0 Å². The van der Waals surface area contributed by atoms with E-state index in [9.17, 15) is 17.2 Å². The average molecular weight is 329 g/mol. The lowest BCUT2D eigenvalue weighted by Gasteiger charge is -2.00. The second kappa shape index (κ2) is 6.37. The van der Waals surface area contributed by atoms with Gasteiger partial charge in [0.15, 0.2) is 21.5 Å². The lowest BCUT2D eigenvalue weighted by atomic mass is 10.2. The summed E-state index contributed by atoms with van der Waals surface area (Å²) in [5, 5.41) is 1.50. The highest BCUT2D eigenvalue weighted by atomic mass is 35.5. The zero-order chi connectivity index (χ0) is 15.5. The summed E-state index contributed by atoms with van der Waals surface area (Å²) in [6, 6.07) is 9.62. The van der Waals surface area contributed by atoms with Gasteiger partial charge in [-0.25, -0.2) is 17.2 Å². The zero-order valence-corrected chi connectivity index (χ0v) is 12.3. The van der Waals surface area contributed by atoms with Gasteiger partial charge in [-0.15, -0.1) is 0 Å². The van der Waals surface area contributed by atoms with Crippen LogP contribution in [0.5, 0.6) is 0 Å². The number of halogens is 3. The highest BCUT2D eigenvalue weighted by Gasteiger charge is 2.08. The Morgan fingerprint density at radius 2 is 1.67 bits per heavy atom. The van der Waals surface area contributed by atoms with E-state index in [1.807, 2.05) is 0 Å². The second-order valence-corrected chi connectivity index (χ2v) is 6.73. The molecule has 0 radical (unpaired) electrons. The van der Waals surface area contributed by atoms with Crippen LogP contribution < -0.4 is 0 Å². The molecule has 0 fully saturated rings. The number of hydrogen-bond acceptors (Lipinski definition) is 2. The molecular formula is C15H11ClF2O2S. The second-order valence-electron chi connectivity index (χ2n) is 4.41. The fraction of sp³-hybridized carbons (Fsp3) is 0.0667. The first-order valence-corrected chi connectivity index (χ1v) is 8.05. The van der Waals surface area contributed by atoms with Gasteiger partial charge in [-0.2, -0.15) is 0 Å². The number of benzene rings is 2. The van der Waals surface area contributed by atoms with E-state index < -0.39 is 21.5 Å². The van der Waals surface area contributed by atoms with Crippen molar-refractivity contribution in [3.63, 3.8) is 0 Å². The predicted molar refractivity (Wildman–Crippen MR) is 79.5 cm³/mol. The molecule has 110 valence electrons. The van der Waals surface area contributed by atoms with Crippen LogP contribution in [0, 0.1) is 11.6 Å². The van der Waals surface area contributed by atoms with Crippen LogP contribution in [-0.4, -0.2) is 8.42 Å². The third-order valence-electron chi connectivity index (χ3n) is 2.69. The van der Waals surface area contributed by atoms with Crippen LogP contribution in [0.4, 0.5) is 8.78 Å². The summed E-state index contributed by atoms with van der Waals surface area (Å²) in [6.45, 7) is 0. The Hall–Kier alpha value is -1.72. The Morgan fingerprint density at radius 3 is 2.29 bits per heavy atom. The molecule has 2 aromatic carbocycles. The SMILES string of the molecule is O=S(=O)(C=Cc1ccc(F)c(F)c1)Cc1ccc(Cl)cc1. The third-order valence-corrected chi connectivity index (χ3v) is 4.23. The van der Waals surface area contributed by atoms with Crippen LogP contribution >= 0.6 is 11.6 Å². The average Bonchev–Trinajstić information content (AvgIpc) is 2.43. The van der Waals surface area contributed by atoms with Crippen LogP contribution in [-0.2, 0) is 15.6 Å². The van der Waals surface area contributed by atoms with Crippen molar-refractivity contribution in [3.05, 3.63) is 75.7 Å². The van der Waals surface area contributed by atoms with Gasteiger partial charge >= 0.3 is 0 Å². The van der Waals surface area contributed by atoms with Crippen molar-refractivity contribution < 1.29 is 17.2 Å². The van der Waals surface area contributed by atoms with E-state index in [-0.39, 0.29) is 11.3 Å². The van der Waals surface area contributed by atoms with Crippen molar-refractivity contribution in [3.8, 4) is 0 Å². The molecule has 0 aliphatic rings. The first-order valence-electron chi connectivity index (χ1n) is 5.96. The standard InChI is InChI=1S/C15H11ClF2O2S/c16-13-4-1-12(2-5-13)10-21(19,20)8-7-11-3-6-14(17)15(18)9-11/h1-9H,10H2. The van der Waals surface area contributed by atoms with E-state index in [0.29, 0.717) is 10.6 Å². The Labute approximate surface area is 126 Å². The largest absolute Gasteiger partial charge is 0.224 e. The molecule has 0 N–H and O–H groups in total. The quantitative estimate of drug-likeness (QED) is 0.842. The maximum Gasteiger partial charge on any atom is 0.175 e. The van der Waals surface area contributed by atoms with Gasteiger partial charge in [0.25, 0.3) is 0 Å². The van der Waals surface area contributed by atoms with Gasteiger partial charge in [0.1, 0.15) is 0 Å². The van der Waals surface area contributed by atoms with E-state index in [1.165, 1.54) is 12.1 Å². The summed E-state index contributed by atoms with van der Waals surface area (Å²) in [6.07, 6.45) is 1.23. The van der Waals surface area contributed by atoms with Gasteiger partial charge in [-0.3, -0.25) is 0 Å². The molecule has 2 rings (SSSR count). The van der Waals surface area contributed by atoms with Gasteiger partial charge in [0.05, 0.1) is 5.75 Å². The smallest absolute Gasteiger partial charge is 0.175 e. The maximum atomic E-state index is 13.0. The van der Waals surface area contributed by atoms with E-state index in [1.54, 1.807) is 24.3 Å². The number of hydrogen-bond donors (Lipinski definition) is 0. The minimum Gasteiger partial charge on any atom is -0.224 e. The Bertz CT molecular complexity index is 769. The summed E-state index contributed by atoms with van der Waals surface area (Å²) in [4.78, 5) is 0. The molecule has 0 saturated heterocycles. The minimum atomic E-state index is -3.51. The summed E-state index contributed by atoms with van der Waals surface area (Å²) < 4.78 is 49.6. The van der Waals surface area contributed by atoms with Gasteiger partial charge in [-0.05, 0) is 41.5 Å². The molecule has 0 heterocycles. The Kier molecular flexibility index (Phi) is 4.75. The summed E-state index contributed by atoms with van der Waals surface area (Å²) in [5.74, 6) is -2.19. The number of rotatable bonds is 4. The van der Waals surface area contributed by atoms with Crippen LogP contribution in [0.2, 0.25) is 5.02 Å². The Morgan fingerprint density at radius 1 is 1.00 bits per heavy atom. The molecule has 0 unspecified atom stereocenters. The number of sulfone groups is 1. The fourth-order valence-electron chi connectivity index (χ4n) is 1.66. The van der Waals surface area contributed by atoms with Crippen molar-refractivity contribution in [2.75, 3.05) is 0 Å².